The zero-order valence-electron chi connectivity index (χ0n) is 18.9. The van der Waals surface area contributed by atoms with Crippen LogP contribution in [0.15, 0.2) is 78.9 Å². The molecule has 0 spiro atoms. The Labute approximate surface area is 200 Å². The Balaban J connectivity index is 1.73. The molecule has 1 aliphatic heterocycles. The highest BCUT2D eigenvalue weighted by Gasteiger charge is 2.59. The van der Waals surface area contributed by atoms with Gasteiger partial charge in [-0.15, -0.1) is 0 Å². The highest BCUT2D eigenvalue weighted by molar-refractivity contribution is 6.26. The Morgan fingerprint density at radius 3 is 1.94 bits per heavy atom. The van der Waals surface area contributed by atoms with Crippen molar-refractivity contribution in [3.05, 3.63) is 95.6 Å². The molecule has 0 unspecified atom stereocenters. The fourth-order valence-corrected chi connectivity index (χ4v) is 6.57. The number of fused-ring (bicyclic) bond motifs is 4. The van der Waals surface area contributed by atoms with Crippen molar-refractivity contribution in [2.45, 2.75) is 11.8 Å². The molecule has 0 saturated carbocycles. The van der Waals surface area contributed by atoms with Crippen LogP contribution in [-0.4, -0.2) is 25.0 Å². The minimum Gasteiger partial charge on any atom is -0.469 e. The van der Waals surface area contributed by atoms with E-state index >= 15 is 0 Å². The molecule has 5 aromatic carbocycles. The predicted molar refractivity (Wildman–Crippen MR) is 131 cm³/mol. The average molecular weight is 460 g/mol. The quantitative estimate of drug-likeness (QED) is 0.203. The predicted octanol–water partition coefficient (Wildman–Crippen LogP) is 5.30. The first-order valence-corrected chi connectivity index (χ1v) is 11.7. The summed E-state index contributed by atoms with van der Waals surface area (Å²) in [5.74, 6) is -4.91. The molecule has 2 aliphatic rings. The number of methoxy groups -OCH3 is 1. The molecule has 1 heterocycles. The highest BCUT2D eigenvalue weighted by atomic mass is 16.6. The zero-order valence-corrected chi connectivity index (χ0v) is 18.9. The first-order valence-electron chi connectivity index (χ1n) is 11.7. The molecule has 0 aromatic heterocycles. The van der Waals surface area contributed by atoms with E-state index in [0.717, 1.165) is 49.0 Å². The minimum atomic E-state index is -0.946. The highest BCUT2D eigenvalue weighted by Crippen LogP contribution is 2.57. The molecule has 7 rings (SSSR count). The fraction of sp³-hybridized carbons (Fsp3) is 0.167. The average Bonchev–Trinajstić information content (AvgIpc) is 3.19. The van der Waals surface area contributed by atoms with Gasteiger partial charge in [-0.3, -0.25) is 14.4 Å². The lowest BCUT2D eigenvalue weighted by Gasteiger charge is -2.38. The summed E-state index contributed by atoms with van der Waals surface area (Å²) >= 11 is 0. The Bertz CT molecular complexity index is 1690. The van der Waals surface area contributed by atoms with E-state index in [0.29, 0.717) is 0 Å². The van der Waals surface area contributed by atoms with Crippen molar-refractivity contribution in [2.75, 3.05) is 7.11 Å². The van der Waals surface area contributed by atoms with Gasteiger partial charge in [-0.1, -0.05) is 78.9 Å². The topological polar surface area (TPSA) is 69.7 Å². The SMILES string of the molecule is COC(=O)[C@H]1c2c(c3cccc4ccc5cccc2c5c43)[C@@H](c2ccccc2)[C@H]2C(=O)OC(=O)[C@H]21. The molecule has 0 N–H and O–H groups in total. The third-order valence-electron chi connectivity index (χ3n) is 7.84. The number of rotatable bonds is 2. The standard InChI is InChI=1S/C30H20O5/c1-34-28(31)26-24-19-12-6-10-17-14-13-16-9-5-11-18(20(16)21(17)19)23(24)22(15-7-3-2-4-8-15)25-27(26)30(33)35-29(25)32/h2-14,22,25-27H,1H3/t22-,25-,26+,27-/m1/s1. The van der Waals surface area contributed by atoms with Crippen LogP contribution in [0.4, 0.5) is 0 Å². The number of benzene rings is 5. The third-order valence-corrected chi connectivity index (χ3v) is 7.84. The second-order valence-corrected chi connectivity index (χ2v) is 9.38. The molecule has 0 bridgehead atoms. The van der Waals surface area contributed by atoms with Crippen LogP contribution < -0.4 is 0 Å². The smallest absolute Gasteiger partial charge is 0.318 e. The molecule has 5 aromatic rings. The van der Waals surface area contributed by atoms with Crippen LogP contribution in [0.1, 0.15) is 28.5 Å². The first-order chi connectivity index (χ1) is 17.1. The van der Waals surface area contributed by atoms with Crippen LogP contribution >= 0.6 is 0 Å². The number of hydrogen-bond acceptors (Lipinski definition) is 5. The van der Waals surface area contributed by atoms with Crippen LogP contribution in [0.25, 0.3) is 32.3 Å². The van der Waals surface area contributed by atoms with E-state index in [9.17, 15) is 14.4 Å². The number of ether oxygens (including phenoxy) is 2. The zero-order chi connectivity index (χ0) is 23.8. The largest absolute Gasteiger partial charge is 0.469 e. The van der Waals surface area contributed by atoms with E-state index in [1.807, 2.05) is 48.5 Å². The maximum Gasteiger partial charge on any atom is 0.318 e. The van der Waals surface area contributed by atoms with Gasteiger partial charge in [0.2, 0.25) is 0 Å². The van der Waals surface area contributed by atoms with Crippen molar-refractivity contribution in [2.24, 2.45) is 11.8 Å². The number of cyclic esters (lactones) is 2. The molecule has 1 aliphatic carbocycles. The molecule has 0 amide bonds. The van der Waals surface area contributed by atoms with E-state index < -0.39 is 41.6 Å². The summed E-state index contributed by atoms with van der Waals surface area (Å²) in [5.41, 5.74) is 2.57. The van der Waals surface area contributed by atoms with Gasteiger partial charge in [0.25, 0.3) is 0 Å². The van der Waals surface area contributed by atoms with Crippen molar-refractivity contribution in [1.29, 1.82) is 0 Å². The Morgan fingerprint density at radius 2 is 1.31 bits per heavy atom. The van der Waals surface area contributed by atoms with E-state index in [4.69, 9.17) is 9.47 Å². The molecule has 5 heteroatoms. The van der Waals surface area contributed by atoms with Crippen molar-refractivity contribution in [3.8, 4) is 0 Å². The number of carbonyl (C=O) groups is 3. The first kappa shape index (κ1) is 20.2. The molecule has 0 radical (unpaired) electrons. The van der Waals surface area contributed by atoms with Crippen LogP contribution in [-0.2, 0) is 23.9 Å². The third kappa shape index (κ3) is 2.55. The lowest BCUT2D eigenvalue weighted by molar-refractivity contribution is -0.155. The van der Waals surface area contributed by atoms with Crippen LogP contribution in [0.2, 0.25) is 0 Å². The summed E-state index contributed by atoms with van der Waals surface area (Å²) < 4.78 is 10.4. The molecule has 1 fully saturated rings. The summed E-state index contributed by atoms with van der Waals surface area (Å²) in [6, 6.07) is 26.1. The Morgan fingerprint density at radius 1 is 0.714 bits per heavy atom. The van der Waals surface area contributed by atoms with Gasteiger partial charge in [0.1, 0.15) is 0 Å². The van der Waals surface area contributed by atoms with Gasteiger partial charge < -0.3 is 9.47 Å². The molecular formula is C30H20O5. The molecular weight excluding hydrogens is 440 g/mol. The monoisotopic (exact) mass is 460 g/mol. The maximum absolute atomic E-state index is 13.4. The van der Waals surface area contributed by atoms with Crippen molar-refractivity contribution in [1.82, 2.24) is 0 Å². The lowest BCUT2D eigenvalue weighted by Crippen LogP contribution is -2.39. The van der Waals surface area contributed by atoms with E-state index in [-0.39, 0.29) is 0 Å². The van der Waals surface area contributed by atoms with E-state index in [1.54, 1.807) is 0 Å². The van der Waals surface area contributed by atoms with Crippen molar-refractivity contribution in [3.63, 3.8) is 0 Å². The van der Waals surface area contributed by atoms with Gasteiger partial charge in [0.15, 0.2) is 0 Å². The van der Waals surface area contributed by atoms with Crippen LogP contribution in [0.3, 0.4) is 0 Å². The summed E-state index contributed by atoms with van der Waals surface area (Å²) in [6.07, 6.45) is 0. The number of carbonyl (C=O) groups excluding carboxylic acids is 3. The summed E-state index contributed by atoms with van der Waals surface area (Å²) in [5, 5.41) is 6.18. The van der Waals surface area contributed by atoms with Gasteiger partial charge in [0, 0.05) is 5.92 Å². The maximum atomic E-state index is 13.4. The minimum absolute atomic E-state index is 0.440. The number of hydrogen-bond donors (Lipinski definition) is 0. The van der Waals surface area contributed by atoms with Gasteiger partial charge in [-0.05, 0) is 49.0 Å². The lowest BCUT2D eigenvalue weighted by atomic mass is 9.60. The summed E-state index contributed by atoms with van der Waals surface area (Å²) in [6.45, 7) is 0. The Kier molecular flexibility index (Phi) is 4.10. The van der Waals surface area contributed by atoms with Crippen molar-refractivity contribution >= 4 is 50.2 Å². The van der Waals surface area contributed by atoms with E-state index in [1.165, 1.54) is 7.11 Å². The van der Waals surface area contributed by atoms with Gasteiger partial charge in [-0.2, -0.15) is 0 Å². The van der Waals surface area contributed by atoms with E-state index in [2.05, 4.69) is 30.3 Å². The molecule has 35 heavy (non-hydrogen) atoms. The Hall–Kier alpha value is -4.25. The van der Waals surface area contributed by atoms with Crippen LogP contribution in [0.5, 0.6) is 0 Å². The normalized spacial score (nSPS) is 23.5. The van der Waals surface area contributed by atoms with Gasteiger partial charge >= 0.3 is 17.9 Å². The second kappa shape index (κ2) is 7.12. The second-order valence-electron chi connectivity index (χ2n) is 9.38. The van der Waals surface area contributed by atoms with Gasteiger partial charge in [-0.25, -0.2) is 0 Å². The molecule has 170 valence electrons. The van der Waals surface area contributed by atoms with Crippen molar-refractivity contribution < 1.29 is 23.9 Å². The fourth-order valence-electron chi connectivity index (χ4n) is 6.57. The molecule has 5 nitrogen and oxygen atoms in total. The summed E-state index contributed by atoms with van der Waals surface area (Å²) in [7, 11) is 1.32. The molecule has 1 saturated heterocycles. The van der Waals surface area contributed by atoms with Crippen LogP contribution in [0, 0.1) is 11.8 Å². The molecule has 4 atom stereocenters. The number of esters is 3. The van der Waals surface area contributed by atoms with Gasteiger partial charge in [0.05, 0.1) is 24.9 Å². The summed E-state index contributed by atoms with van der Waals surface area (Å²) in [4.78, 5) is 39.7.